The Morgan fingerprint density at radius 3 is 2.83 bits per heavy atom. The summed E-state index contributed by atoms with van der Waals surface area (Å²) in [6.07, 6.45) is 0.286. The van der Waals surface area contributed by atoms with Crippen LogP contribution in [0.5, 0.6) is 0 Å². The van der Waals surface area contributed by atoms with E-state index in [1.165, 1.54) is 17.1 Å². The van der Waals surface area contributed by atoms with Gasteiger partial charge >= 0.3 is 0 Å². The molecular formula is C18H23N3O2S. The molecule has 0 saturated carbocycles. The Labute approximate surface area is 146 Å². The summed E-state index contributed by atoms with van der Waals surface area (Å²) in [5, 5.41) is 6.87. The van der Waals surface area contributed by atoms with Crippen molar-refractivity contribution in [2.24, 2.45) is 0 Å². The van der Waals surface area contributed by atoms with Crippen LogP contribution in [0.1, 0.15) is 22.6 Å². The van der Waals surface area contributed by atoms with E-state index in [-0.39, 0.29) is 12.3 Å². The van der Waals surface area contributed by atoms with Gasteiger partial charge < -0.3 is 9.84 Å². The van der Waals surface area contributed by atoms with Crippen LogP contribution in [-0.4, -0.2) is 40.6 Å². The molecule has 1 amide bonds. The van der Waals surface area contributed by atoms with Crippen molar-refractivity contribution in [2.45, 2.75) is 26.8 Å². The molecule has 24 heavy (non-hydrogen) atoms. The number of thioether (sulfide) groups is 1. The number of amides is 1. The van der Waals surface area contributed by atoms with Gasteiger partial charge in [-0.3, -0.25) is 9.69 Å². The lowest BCUT2D eigenvalue weighted by Crippen LogP contribution is -2.31. The molecule has 1 fully saturated rings. The second-order valence-corrected chi connectivity index (χ2v) is 7.34. The molecule has 1 aliphatic rings. The van der Waals surface area contributed by atoms with Crippen LogP contribution in [0.15, 0.2) is 28.8 Å². The minimum absolute atomic E-state index is 0.0454. The molecule has 128 valence electrons. The monoisotopic (exact) mass is 345 g/mol. The van der Waals surface area contributed by atoms with Crippen LogP contribution in [0.3, 0.4) is 0 Å². The summed E-state index contributed by atoms with van der Waals surface area (Å²) in [6.45, 7) is 6.89. The Hall–Kier alpha value is -1.79. The summed E-state index contributed by atoms with van der Waals surface area (Å²) in [5.41, 5.74) is 3.72. The number of anilines is 1. The van der Waals surface area contributed by atoms with Gasteiger partial charge in [-0.15, -0.1) is 0 Å². The quantitative estimate of drug-likeness (QED) is 0.903. The fraction of sp³-hybridized carbons (Fsp3) is 0.444. The summed E-state index contributed by atoms with van der Waals surface area (Å²) >= 11 is 2.01. The second-order valence-electron chi connectivity index (χ2n) is 6.12. The van der Waals surface area contributed by atoms with Crippen molar-refractivity contribution >= 4 is 23.4 Å². The molecule has 1 aromatic carbocycles. The number of nitrogens with one attached hydrogen (secondary N) is 1. The smallest absolute Gasteiger partial charge is 0.228 e. The third-order valence-corrected chi connectivity index (χ3v) is 5.18. The number of carbonyl (C=O) groups is 1. The van der Waals surface area contributed by atoms with Crippen molar-refractivity contribution in [2.75, 3.05) is 29.9 Å². The molecule has 1 N–H and O–H groups in total. The lowest BCUT2D eigenvalue weighted by Gasteiger charge is -2.26. The first kappa shape index (κ1) is 17.0. The molecule has 1 aliphatic heterocycles. The van der Waals surface area contributed by atoms with Crippen LogP contribution in [-0.2, 0) is 17.8 Å². The molecule has 6 heteroatoms. The highest BCUT2D eigenvalue weighted by Crippen LogP contribution is 2.17. The van der Waals surface area contributed by atoms with Crippen LogP contribution in [0.2, 0.25) is 0 Å². The standard InChI is InChI=1S/C18H23N3O2S/c1-13-17(14(2)23-20-13)11-18(22)19-16-5-3-4-15(10-16)12-21-6-8-24-9-7-21/h3-5,10H,6-9,11-12H2,1-2H3,(H,19,22). The predicted molar refractivity (Wildman–Crippen MR) is 97.4 cm³/mol. The Kier molecular flexibility index (Phi) is 5.58. The summed E-state index contributed by atoms with van der Waals surface area (Å²) in [5.74, 6) is 3.07. The van der Waals surface area contributed by atoms with Crippen molar-refractivity contribution in [1.82, 2.24) is 10.1 Å². The van der Waals surface area contributed by atoms with Crippen LogP contribution in [0, 0.1) is 13.8 Å². The largest absolute Gasteiger partial charge is 0.361 e. The van der Waals surface area contributed by atoms with Gasteiger partial charge in [0.1, 0.15) is 5.76 Å². The Bertz CT molecular complexity index is 689. The topological polar surface area (TPSA) is 58.4 Å². The molecule has 0 spiro atoms. The first-order valence-corrected chi connectivity index (χ1v) is 9.38. The molecule has 2 aromatic rings. The Balaban J connectivity index is 1.60. The molecule has 1 aromatic heterocycles. The van der Waals surface area contributed by atoms with Crippen LogP contribution >= 0.6 is 11.8 Å². The maximum atomic E-state index is 12.3. The molecule has 1 saturated heterocycles. The molecule has 0 atom stereocenters. The van der Waals surface area contributed by atoms with Crippen LogP contribution in [0.4, 0.5) is 5.69 Å². The number of hydrogen-bond donors (Lipinski definition) is 1. The van der Waals surface area contributed by atoms with E-state index in [0.717, 1.165) is 36.6 Å². The van der Waals surface area contributed by atoms with Gasteiger partial charge in [-0.25, -0.2) is 0 Å². The summed E-state index contributed by atoms with van der Waals surface area (Å²) in [4.78, 5) is 14.8. The van der Waals surface area contributed by atoms with Gasteiger partial charge in [-0.05, 0) is 31.5 Å². The van der Waals surface area contributed by atoms with E-state index in [1.54, 1.807) is 0 Å². The van der Waals surface area contributed by atoms with E-state index in [0.29, 0.717) is 5.76 Å². The zero-order valence-electron chi connectivity index (χ0n) is 14.2. The van der Waals surface area contributed by atoms with Gasteiger partial charge in [0.05, 0.1) is 12.1 Å². The molecule has 2 heterocycles. The lowest BCUT2D eigenvalue weighted by atomic mass is 10.1. The third-order valence-electron chi connectivity index (χ3n) is 4.24. The van der Waals surface area contributed by atoms with E-state index in [1.807, 2.05) is 37.7 Å². The zero-order valence-corrected chi connectivity index (χ0v) is 15.0. The van der Waals surface area contributed by atoms with Crippen LogP contribution < -0.4 is 5.32 Å². The van der Waals surface area contributed by atoms with E-state index in [4.69, 9.17) is 4.52 Å². The fourth-order valence-corrected chi connectivity index (χ4v) is 3.86. The molecule has 3 rings (SSSR count). The highest BCUT2D eigenvalue weighted by Gasteiger charge is 2.14. The predicted octanol–water partition coefficient (Wildman–Crippen LogP) is 3.02. The number of benzene rings is 1. The van der Waals surface area contributed by atoms with E-state index in [2.05, 4.69) is 27.5 Å². The first-order chi connectivity index (χ1) is 11.6. The van der Waals surface area contributed by atoms with Crippen molar-refractivity contribution in [3.05, 3.63) is 46.8 Å². The molecule has 0 unspecified atom stereocenters. The third kappa shape index (κ3) is 4.39. The molecular weight excluding hydrogens is 322 g/mol. The maximum absolute atomic E-state index is 12.3. The van der Waals surface area contributed by atoms with E-state index < -0.39 is 0 Å². The fourth-order valence-electron chi connectivity index (χ4n) is 2.88. The van der Waals surface area contributed by atoms with Gasteiger partial charge in [0.15, 0.2) is 0 Å². The number of nitrogens with zero attached hydrogens (tertiary/aromatic N) is 2. The highest BCUT2D eigenvalue weighted by atomic mass is 32.2. The zero-order chi connectivity index (χ0) is 16.9. The summed E-state index contributed by atoms with van der Waals surface area (Å²) in [6, 6.07) is 8.11. The van der Waals surface area contributed by atoms with Gasteiger partial charge in [0.25, 0.3) is 0 Å². The van der Waals surface area contributed by atoms with Crippen molar-refractivity contribution < 1.29 is 9.32 Å². The van der Waals surface area contributed by atoms with Gasteiger partial charge in [0.2, 0.25) is 5.91 Å². The Morgan fingerprint density at radius 1 is 1.33 bits per heavy atom. The molecule has 0 radical (unpaired) electrons. The normalized spacial score (nSPS) is 15.4. The van der Waals surface area contributed by atoms with E-state index >= 15 is 0 Å². The Morgan fingerprint density at radius 2 is 2.12 bits per heavy atom. The summed E-state index contributed by atoms with van der Waals surface area (Å²) < 4.78 is 5.11. The molecule has 0 bridgehead atoms. The van der Waals surface area contributed by atoms with Gasteiger partial charge in [-0.2, -0.15) is 11.8 Å². The average Bonchev–Trinajstić information content (AvgIpc) is 2.88. The lowest BCUT2D eigenvalue weighted by molar-refractivity contribution is -0.115. The summed E-state index contributed by atoms with van der Waals surface area (Å²) in [7, 11) is 0. The van der Waals surface area contributed by atoms with Gasteiger partial charge in [-0.1, -0.05) is 17.3 Å². The maximum Gasteiger partial charge on any atom is 0.228 e. The molecule has 5 nitrogen and oxygen atoms in total. The minimum Gasteiger partial charge on any atom is -0.361 e. The molecule has 0 aliphatic carbocycles. The first-order valence-electron chi connectivity index (χ1n) is 8.22. The van der Waals surface area contributed by atoms with Crippen LogP contribution in [0.25, 0.3) is 0 Å². The minimum atomic E-state index is -0.0454. The number of aryl methyl sites for hydroxylation is 2. The number of carbonyl (C=O) groups excluding carboxylic acids is 1. The number of hydrogen-bond acceptors (Lipinski definition) is 5. The number of rotatable bonds is 5. The van der Waals surface area contributed by atoms with Crippen molar-refractivity contribution in [3.63, 3.8) is 0 Å². The highest BCUT2D eigenvalue weighted by molar-refractivity contribution is 7.99. The number of aromatic nitrogens is 1. The van der Waals surface area contributed by atoms with Crippen molar-refractivity contribution in [3.8, 4) is 0 Å². The van der Waals surface area contributed by atoms with E-state index in [9.17, 15) is 4.79 Å². The van der Waals surface area contributed by atoms with Gasteiger partial charge in [0, 0.05) is 42.4 Å². The van der Waals surface area contributed by atoms with Crippen molar-refractivity contribution in [1.29, 1.82) is 0 Å². The average molecular weight is 345 g/mol. The SMILES string of the molecule is Cc1noc(C)c1CC(=O)Nc1cccc(CN2CCSCC2)c1. The second kappa shape index (κ2) is 7.85.